The van der Waals surface area contributed by atoms with Crippen LogP contribution in [0.5, 0.6) is 0 Å². The summed E-state index contributed by atoms with van der Waals surface area (Å²) in [7, 11) is 0. The number of aromatic nitrogens is 1. The van der Waals surface area contributed by atoms with E-state index in [-0.39, 0.29) is 28.9 Å². The topological polar surface area (TPSA) is 86.8 Å². The fourth-order valence-corrected chi connectivity index (χ4v) is 4.95. The SMILES string of the molecule is CCN1C(=O)N(c2c(F)cc(NCCNCCCC(=O)OC(C)(C)C)cc2F)c2cc(Cl)ccc2-c2cc(Cl)cnc21. The molecule has 224 valence electrons. The van der Waals surface area contributed by atoms with Crippen LogP contribution >= 0.6 is 23.2 Å². The Morgan fingerprint density at radius 2 is 1.71 bits per heavy atom. The molecule has 3 aromatic rings. The molecule has 1 aromatic heterocycles. The van der Waals surface area contributed by atoms with Gasteiger partial charge in [-0.15, -0.1) is 0 Å². The molecule has 1 aliphatic heterocycles. The number of benzene rings is 2. The molecule has 2 amide bonds. The second-order valence-corrected chi connectivity index (χ2v) is 11.6. The third kappa shape index (κ3) is 7.29. The Morgan fingerprint density at radius 3 is 2.38 bits per heavy atom. The van der Waals surface area contributed by atoms with Crippen molar-refractivity contribution in [3.8, 4) is 11.1 Å². The number of urea groups is 1. The highest BCUT2D eigenvalue weighted by Crippen LogP contribution is 2.46. The lowest BCUT2D eigenvalue weighted by atomic mass is 10.0. The molecule has 0 spiro atoms. The van der Waals surface area contributed by atoms with Crippen molar-refractivity contribution in [1.29, 1.82) is 0 Å². The van der Waals surface area contributed by atoms with Crippen LogP contribution in [0.3, 0.4) is 0 Å². The molecule has 2 heterocycles. The van der Waals surface area contributed by atoms with Crippen LogP contribution in [-0.2, 0) is 9.53 Å². The minimum absolute atomic E-state index is 0.187. The van der Waals surface area contributed by atoms with Crippen LogP contribution in [0.15, 0.2) is 42.6 Å². The van der Waals surface area contributed by atoms with Gasteiger partial charge in [-0.3, -0.25) is 14.6 Å². The van der Waals surface area contributed by atoms with E-state index in [4.69, 9.17) is 27.9 Å². The molecule has 1 aliphatic rings. The number of pyridine rings is 1. The lowest BCUT2D eigenvalue weighted by molar-refractivity contribution is -0.154. The Kier molecular flexibility index (Phi) is 9.91. The van der Waals surface area contributed by atoms with E-state index in [1.54, 1.807) is 25.1 Å². The number of carbonyl (C=O) groups excluding carboxylic acids is 2. The van der Waals surface area contributed by atoms with Gasteiger partial charge in [0.15, 0.2) is 11.6 Å². The van der Waals surface area contributed by atoms with E-state index >= 15 is 8.78 Å². The van der Waals surface area contributed by atoms with E-state index in [1.165, 1.54) is 17.2 Å². The number of rotatable bonds is 10. The van der Waals surface area contributed by atoms with E-state index < -0.39 is 29.0 Å². The van der Waals surface area contributed by atoms with Crippen molar-refractivity contribution in [2.24, 2.45) is 0 Å². The number of halogens is 4. The van der Waals surface area contributed by atoms with Crippen molar-refractivity contribution >= 4 is 58.1 Å². The molecular weight excluding hydrogens is 587 g/mol. The molecule has 0 radical (unpaired) electrons. The van der Waals surface area contributed by atoms with Gasteiger partial charge in [0.2, 0.25) is 0 Å². The lowest BCUT2D eigenvalue weighted by Crippen LogP contribution is -2.41. The van der Waals surface area contributed by atoms with Gasteiger partial charge in [0.25, 0.3) is 0 Å². The second kappa shape index (κ2) is 13.2. The molecule has 0 unspecified atom stereocenters. The minimum Gasteiger partial charge on any atom is -0.460 e. The third-order valence-corrected chi connectivity index (χ3v) is 6.79. The van der Waals surface area contributed by atoms with Crippen LogP contribution in [-0.4, -0.2) is 48.8 Å². The maximum absolute atomic E-state index is 15.7. The predicted molar refractivity (Wildman–Crippen MR) is 163 cm³/mol. The number of nitrogens with zero attached hydrogens (tertiary/aromatic N) is 3. The first-order valence-electron chi connectivity index (χ1n) is 13.6. The van der Waals surface area contributed by atoms with Crippen LogP contribution in [0.25, 0.3) is 11.1 Å². The summed E-state index contributed by atoms with van der Waals surface area (Å²) < 4.78 is 36.6. The van der Waals surface area contributed by atoms with Gasteiger partial charge in [-0.05, 0) is 71.0 Å². The first-order valence-corrected chi connectivity index (χ1v) is 14.4. The molecule has 0 atom stereocenters. The summed E-state index contributed by atoms with van der Waals surface area (Å²) in [5.74, 6) is -1.81. The minimum atomic E-state index is -0.935. The monoisotopic (exact) mass is 619 g/mol. The Balaban J connectivity index is 1.51. The van der Waals surface area contributed by atoms with Crippen molar-refractivity contribution in [3.05, 3.63) is 64.3 Å². The highest BCUT2D eigenvalue weighted by atomic mass is 35.5. The lowest BCUT2D eigenvalue weighted by Gasteiger charge is -2.28. The van der Waals surface area contributed by atoms with Crippen LogP contribution < -0.4 is 20.4 Å². The van der Waals surface area contributed by atoms with E-state index in [1.807, 2.05) is 20.8 Å². The average Bonchev–Trinajstić information content (AvgIpc) is 2.99. The van der Waals surface area contributed by atoms with Gasteiger partial charge in [-0.2, -0.15) is 0 Å². The van der Waals surface area contributed by atoms with E-state index in [2.05, 4.69) is 15.6 Å². The standard InChI is InChI=1S/C30H33Cl2F2N5O3/c1-5-38-28-22(13-19(32)17-37-28)21-9-8-18(31)14-25(21)39(29(38)41)27-23(33)15-20(16-24(27)34)36-12-11-35-10-6-7-26(40)42-30(2,3)4/h8-9,13-17,35-36H,5-7,10-12H2,1-4H3. The number of amides is 2. The van der Waals surface area contributed by atoms with E-state index in [9.17, 15) is 9.59 Å². The van der Waals surface area contributed by atoms with Crippen molar-refractivity contribution < 1.29 is 23.1 Å². The largest absolute Gasteiger partial charge is 0.460 e. The van der Waals surface area contributed by atoms with E-state index in [0.717, 1.165) is 17.0 Å². The first kappa shape index (κ1) is 31.5. The fraction of sp³-hybridized carbons (Fsp3) is 0.367. The van der Waals surface area contributed by atoms with Gasteiger partial charge < -0.3 is 15.4 Å². The first-order chi connectivity index (χ1) is 19.9. The summed E-state index contributed by atoms with van der Waals surface area (Å²) in [5.41, 5.74) is 0.380. The van der Waals surface area contributed by atoms with Gasteiger partial charge in [-0.1, -0.05) is 29.3 Å². The maximum Gasteiger partial charge on any atom is 0.334 e. The quantitative estimate of drug-likeness (QED) is 0.180. The Morgan fingerprint density at radius 1 is 1.00 bits per heavy atom. The third-order valence-electron chi connectivity index (χ3n) is 6.34. The molecule has 12 heteroatoms. The number of hydrogen-bond donors (Lipinski definition) is 2. The molecule has 42 heavy (non-hydrogen) atoms. The number of hydrogen-bond acceptors (Lipinski definition) is 6. The summed E-state index contributed by atoms with van der Waals surface area (Å²) in [6, 6.07) is 8.02. The maximum atomic E-state index is 15.7. The van der Waals surface area contributed by atoms with Crippen molar-refractivity contribution in [2.45, 2.75) is 46.1 Å². The van der Waals surface area contributed by atoms with Crippen LogP contribution in [0.4, 0.5) is 36.5 Å². The molecule has 2 N–H and O–H groups in total. The van der Waals surface area contributed by atoms with Crippen LogP contribution in [0.2, 0.25) is 10.0 Å². The van der Waals surface area contributed by atoms with Gasteiger partial charge in [0.05, 0.1) is 10.7 Å². The van der Waals surface area contributed by atoms with Crippen molar-refractivity contribution in [1.82, 2.24) is 10.3 Å². The molecule has 2 aromatic carbocycles. The summed E-state index contributed by atoms with van der Waals surface area (Å²) in [6.45, 7) is 8.83. The smallest absolute Gasteiger partial charge is 0.334 e. The van der Waals surface area contributed by atoms with Crippen LogP contribution in [0, 0.1) is 11.6 Å². The highest BCUT2D eigenvalue weighted by Gasteiger charge is 2.36. The molecule has 8 nitrogen and oxygen atoms in total. The number of nitrogens with one attached hydrogen (secondary N) is 2. The fourth-order valence-electron chi connectivity index (χ4n) is 4.63. The van der Waals surface area contributed by atoms with Crippen molar-refractivity contribution in [2.75, 3.05) is 41.3 Å². The molecule has 0 aliphatic carbocycles. The van der Waals surface area contributed by atoms with Gasteiger partial charge in [-0.25, -0.2) is 18.6 Å². The Bertz CT molecular complexity index is 1460. The molecule has 0 fully saturated rings. The van der Waals surface area contributed by atoms with Gasteiger partial charge in [0.1, 0.15) is 17.1 Å². The predicted octanol–water partition coefficient (Wildman–Crippen LogP) is 7.56. The number of anilines is 4. The summed E-state index contributed by atoms with van der Waals surface area (Å²) >= 11 is 12.5. The summed E-state index contributed by atoms with van der Waals surface area (Å²) in [6.07, 6.45) is 2.31. The number of ether oxygens (including phenoxy) is 1. The summed E-state index contributed by atoms with van der Waals surface area (Å²) in [4.78, 5) is 32.3. The van der Waals surface area contributed by atoms with Gasteiger partial charge in [0, 0.05) is 54.1 Å². The Hall–Kier alpha value is -3.47. The zero-order chi connectivity index (χ0) is 30.6. The molecule has 4 rings (SSSR count). The zero-order valence-corrected chi connectivity index (χ0v) is 25.4. The van der Waals surface area contributed by atoms with Crippen molar-refractivity contribution in [3.63, 3.8) is 0 Å². The number of fused-ring (bicyclic) bond motifs is 3. The molecule has 0 saturated heterocycles. The Labute approximate surface area is 253 Å². The molecule has 0 saturated carbocycles. The second-order valence-electron chi connectivity index (χ2n) is 10.7. The normalized spacial score (nSPS) is 13.0. The summed E-state index contributed by atoms with van der Waals surface area (Å²) in [5, 5.41) is 6.79. The van der Waals surface area contributed by atoms with Crippen LogP contribution in [0.1, 0.15) is 40.5 Å². The number of esters is 1. The average molecular weight is 621 g/mol. The molecule has 0 bridgehead atoms. The van der Waals surface area contributed by atoms with Gasteiger partial charge >= 0.3 is 12.0 Å². The van der Waals surface area contributed by atoms with E-state index in [0.29, 0.717) is 54.4 Å². The zero-order valence-electron chi connectivity index (χ0n) is 23.9. The molecular formula is C30H33Cl2F2N5O3. The number of carbonyl (C=O) groups is 2. The highest BCUT2D eigenvalue weighted by molar-refractivity contribution is 6.32.